The molecule has 0 aliphatic rings. The van der Waals surface area contributed by atoms with E-state index >= 15 is 0 Å². The molecule has 1 rings (SSSR count). The molecule has 0 spiro atoms. The molecule has 0 fully saturated rings. The lowest BCUT2D eigenvalue weighted by molar-refractivity contribution is 0.301. The van der Waals surface area contributed by atoms with E-state index < -0.39 is 0 Å². The lowest BCUT2D eigenvalue weighted by atomic mass is 9.81. The van der Waals surface area contributed by atoms with Gasteiger partial charge in [0.15, 0.2) is 0 Å². The number of benzene rings is 1. The predicted molar refractivity (Wildman–Crippen MR) is 112 cm³/mol. The van der Waals surface area contributed by atoms with Crippen LogP contribution in [0.15, 0.2) is 18.2 Å². The number of phenols is 1. The Bertz CT molecular complexity index is 575. The van der Waals surface area contributed by atoms with E-state index in [1.54, 1.807) is 6.07 Å². The molecule has 1 aromatic carbocycles. The molecule has 0 aromatic heterocycles. The first-order valence-corrected chi connectivity index (χ1v) is 9.38. The zero-order valence-corrected chi connectivity index (χ0v) is 18.1. The van der Waals surface area contributed by atoms with Crippen molar-refractivity contribution in [2.45, 2.75) is 93.2 Å². The zero-order valence-electron chi connectivity index (χ0n) is 18.1. The molecule has 3 heteroatoms. The summed E-state index contributed by atoms with van der Waals surface area (Å²) in [5.74, 6) is 0.293. The summed E-state index contributed by atoms with van der Waals surface area (Å²) in [7, 11) is 0. The minimum atomic E-state index is -0.102. The van der Waals surface area contributed by atoms with Crippen molar-refractivity contribution in [3.63, 3.8) is 0 Å². The summed E-state index contributed by atoms with van der Waals surface area (Å²) in [4.78, 5) is 0. The predicted octanol–water partition coefficient (Wildman–Crippen LogP) is 6.65. The van der Waals surface area contributed by atoms with Crippen molar-refractivity contribution in [1.29, 1.82) is 0 Å². The first-order valence-electron chi connectivity index (χ1n) is 9.38. The standard InChI is InChI=1S/C22H40N2O/c1-19(2,3)14-21(7,8)23-16-11-12-18(25)17(13-16)24-22(9,10)15-20(4,5)6/h11-13,23-25H,14-15H2,1-10H3. The largest absolute Gasteiger partial charge is 0.506 e. The molecule has 3 N–H and O–H groups in total. The van der Waals surface area contributed by atoms with Crippen LogP contribution in [-0.4, -0.2) is 16.2 Å². The summed E-state index contributed by atoms with van der Waals surface area (Å²) in [6, 6.07) is 5.73. The SMILES string of the molecule is CC(C)(C)CC(C)(C)Nc1ccc(O)c(NC(C)(C)CC(C)(C)C)c1. The van der Waals surface area contributed by atoms with E-state index in [0.29, 0.717) is 5.75 Å². The van der Waals surface area contributed by atoms with Gasteiger partial charge in [-0.3, -0.25) is 0 Å². The first kappa shape index (κ1) is 21.7. The van der Waals surface area contributed by atoms with Crippen molar-refractivity contribution in [2.75, 3.05) is 10.6 Å². The highest BCUT2D eigenvalue weighted by molar-refractivity contribution is 5.65. The van der Waals surface area contributed by atoms with E-state index in [-0.39, 0.29) is 21.9 Å². The van der Waals surface area contributed by atoms with Gasteiger partial charge >= 0.3 is 0 Å². The average Bonchev–Trinajstić information content (AvgIpc) is 2.25. The summed E-state index contributed by atoms with van der Waals surface area (Å²) < 4.78 is 0. The van der Waals surface area contributed by atoms with Crippen molar-refractivity contribution in [3.8, 4) is 5.75 Å². The van der Waals surface area contributed by atoms with E-state index in [0.717, 1.165) is 24.2 Å². The van der Waals surface area contributed by atoms with Gasteiger partial charge in [-0.15, -0.1) is 0 Å². The highest BCUT2D eigenvalue weighted by Gasteiger charge is 2.27. The third kappa shape index (κ3) is 8.51. The smallest absolute Gasteiger partial charge is 0.138 e. The highest BCUT2D eigenvalue weighted by Crippen LogP contribution is 2.36. The summed E-state index contributed by atoms with van der Waals surface area (Å²) in [6.45, 7) is 22.3. The molecule has 25 heavy (non-hydrogen) atoms. The maximum atomic E-state index is 10.3. The Labute approximate surface area is 155 Å². The fourth-order valence-electron chi connectivity index (χ4n) is 4.21. The van der Waals surface area contributed by atoms with E-state index in [1.165, 1.54) is 0 Å². The fraction of sp³-hybridized carbons (Fsp3) is 0.727. The monoisotopic (exact) mass is 348 g/mol. The van der Waals surface area contributed by atoms with Crippen molar-refractivity contribution < 1.29 is 5.11 Å². The first-order chi connectivity index (χ1) is 11.0. The van der Waals surface area contributed by atoms with Crippen LogP contribution in [0.5, 0.6) is 5.75 Å². The van der Waals surface area contributed by atoms with Crippen LogP contribution in [0.3, 0.4) is 0 Å². The molecular formula is C22H40N2O. The van der Waals surface area contributed by atoms with Crippen molar-refractivity contribution in [2.24, 2.45) is 10.8 Å². The van der Waals surface area contributed by atoms with Gasteiger partial charge < -0.3 is 15.7 Å². The number of rotatable bonds is 6. The molecule has 0 saturated heterocycles. The van der Waals surface area contributed by atoms with Gasteiger partial charge in [-0.25, -0.2) is 0 Å². The third-order valence-corrected chi connectivity index (χ3v) is 3.90. The van der Waals surface area contributed by atoms with E-state index in [2.05, 4.69) is 79.9 Å². The number of nitrogens with one attached hydrogen (secondary N) is 2. The van der Waals surface area contributed by atoms with Crippen molar-refractivity contribution >= 4 is 11.4 Å². The number of hydrogen-bond acceptors (Lipinski definition) is 3. The number of phenolic OH excluding ortho intramolecular Hbond substituents is 1. The van der Waals surface area contributed by atoms with E-state index in [9.17, 15) is 5.11 Å². The van der Waals surface area contributed by atoms with Gasteiger partial charge in [0.05, 0.1) is 5.69 Å². The van der Waals surface area contributed by atoms with Crippen molar-refractivity contribution in [3.05, 3.63) is 18.2 Å². The van der Waals surface area contributed by atoms with Gasteiger partial charge in [-0.1, -0.05) is 41.5 Å². The molecule has 0 radical (unpaired) electrons. The van der Waals surface area contributed by atoms with Crippen LogP contribution in [0, 0.1) is 10.8 Å². The normalized spacial score (nSPS) is 13.7. The molecular weight excluding hydrogens is 308 g/mol. The number of anilines is 2. The Morgan fingerprint density at radius 2 is 1.16 bits per heavy atom. The van der Waals surface area contributed by atoms with Crippen LogP contribution in [0.1, 0.15) is 82.1 Å². The van der Waals surface area contributed by atoms with Crippen molar-refractivity contribution in [1.82, 2.24) is 0 Å². The summed E-state index contributed by atoms with van der Waals surface area (Å²) >= 11 is 0. The van der Waals surface area contributed by atoms with Crippen LogP contribution in [-0.2, 0) is 0 Å². The lowest BCUT2D eigenvalue weighted by Gasteiger charge is -2.36. The number of aromatic hydroxyl groups is 1. The van der Waals surface area contributed by atoms with Gasteiger partial charge in [0.1, 0.15) is 5.75 Å². The minimum Gasteiger partial charge on any atom is -0.506 e. The average molecular weight is 349 g/mol. The summed E-state index contributed by atoms with van der Waals surface area (Å²) in [5.41, 5.74) is 2.16. The van der Waals surface area contributed by atoms with Crippen LogP contribution in [0.25, 0.3) is 0 Å². The Kier molecular flexibility index (Phi) is 6.14. The molecule has 144 valence electrons. The van der Waals surface area contributed by atoms with Crippen LogP contribution >= 0.6 is 0 Å². The summed E-state index contributed by atoms with van der Waals surface area (Å²) in [5, 5.41) is 17.4. The Morgan fingerprint density at radius 3 is 1.60 bits per heavy atom. The lowest BCUT2D eigenvalue weighted by Crippen LogP contribution is -2.36. The fourth-order valence-corrected chi connectivity index (χ4v) is 4.21. The quantitative estimate of drug-likeness (QED) is 0.398. The topological polar surface area (TPSA) is 44.3 Å². The van der Waals surface area contributed by atoms with Crippen LogP contribution in [0.4, 0.5) is 11.4 Å². The molecule has 0 amide bonds. The molecule has 1 aromatic rings. The maximum Gasteiger partial charge on any atom is 0.138 e. The molecule has 0 aliphatic heterocycles. The molecule has 0 saturated carbocycles. The molecule has 0 bridgehead atoms. The highest BCUT2D eigenvalue weighted by atomic mass is 16.3. The Balaban J connectivity index is 2.96. The second-order valence-electron chi connectivity index (χ2n) is 11.2. The van der Waals surface area contributed by atoms with Gasteiger partial charge in [-0.05, 0) is 69.6 Å². The third-order valence-electron chi connectivity index (χ3n) is 3.90. The molecule has 0 aliphatic carbocycles. The van der Waals surface area contributed by atoms with Gasteiger partial charge in [0, 0.05) is 16.8 Å². The van der Waals surface area contributed by atoms with Gasteiger partial charge in [0.25, 0.3) is 0 Å². The second-order valence-corrected chi connectivity index (χ2v) is 11.2. The van der Waals surface area contributed by atoms with Crippen LogP contribution < -0.4 is 10.6 Å². The number of hydrogen-bond donors (Lipinski definition) is 3. The maximum absolute atomic E-state index is 10.3. The van der Waals surface area contributed by atoms with E-state index in [4.69, 9.17) is 0 Å². The van der Waals surface area contributed by atoms with E-state index in [1.807, 2.05) is 12.1 Å². The zero-order chi connectivity index (χ0) is 19.7. The second kappa shape index (κ2) is 7.09. The Morgan fingerprint density at radius 1 is 0.720 bits per heavy atom. The minimum absolute atomic E-state index is 0.0204. The Hall–Kier alpha value is -1.38. The molecule has 0 heterocycles. The molecule has 0 unspecified atom stereocenters. The molecule has 0 atom stereocenters. The van der Waals surface area contributed by atoms with Gasteiger partial charge in [0.2, 0.25) is 0 Å². The van der Waals surface area contributed by atoms with Gasteiger partial charge in [-0.2, -0.15) is 0 Å². The summed E-state index contributed by atoms with van der Waals surface area (Å²) in [6.07, 6.45) is 2.06. The molecule has 3 nitrogen and oxygen atoms in total. The van der Waals surface area contributed by atoms with Crippen LogP contribution in [0.2, 0.25) is 0 Å².